The molecule has 1 aromatic carbocycles. The van der Waals surface area contributed by atoms with Crippen LogP contribution in [-0.4, -0.2) is 32.1 Å². The number of hydrogen-bond donors (Lipinski definition) is 1. The highest BCUT2D eigenvalue weighted by molar-refractivity contribution is 9.10. The Hall–Kier alpha value is -0.620. The van der Waals surface area contributed by atoms with E-state index in [1.165, 1.54) is 5.69 Å². The van der Waals surface area contributed by atoms with Gasteiger partial charge in [0.15, 0.2) is 5.79 Å². The fourth-order valence-electron chi connectivity index (χ4n) is 2.83. The molecule has 0 aromatic heterocycles. The van der Waals surface area contributed by atoms with Crippen molar-refractivity contribution in [3.63, 3.8) is 0 Å². The van der Waals surface area contributed by atoms with Gasteiger partial charge in [-0.1, -0.05) is 15.9 Å². The predicted octanol–water partition coefficient (Wildman–Crippen LogP) is 2.25. The molecule has 2 heterocycles. The molecule has 0 saturated carbocycles. The standard InChI is InChI=1S/C14H19BrN2O2/c15-12-7-11(10-16)8-13(9-12)17-3-1-14(2-4-17)18-5-6-19-14/h7-9H,1-6,10,16H2. The molecule has 104 valence electrons. The summed E-state index contributed by atoms with van der Waals surface area (Å²) in [4.78, 5) is 2.38. The van der Waals surface area contributed by atoms with Crippen molar-refractivity contribution in [1.82, 2.24) is 0 Å². The third-order valence-electron chi connectivity index (χ3n) is 3.88. The molecule has 1 aromatic rings. The first-order valence-electron chi connectivity index (χ1n) is 6.73. The number of ether oxygens (including phenoxy) is 2. The van der Waals surface area contributed by atoms with Crippen molar-refractivity contribution in [3.8, 4) is 0 Å². The molecule has 2 aliphatic heterocycles. The minimum Gasteiger partial charge on any atom is -0.371 e. The Labute approximate surface area is 122 Å². The maximum atomic E-state index is 5.76. The molecule has 2 aliphatic rings. The first kappa shape index (κ1) is 13.4. The molecule has 0 radical (unpaired) electrons. The number of nitrogens with two attached hydrogens (primary N) is 1. The maximum absolute atomic E-state index is 5.76. The van der Waals surface area contributed by atoms with E-state index in [0.717, 1.165) is 49.2 Å². The molecule has 4 nitrogen and oxygen atoms in total. The summed E-state index contributed by atoms with van der Waals surface area (Å²) < 4.78 is 12.6. The normalized spacial score (nSPS) is 22.1. The second kappa shape index (κ2) is 5.40. The Morgan fingerprint density at radius 3 is 2.47 bits per heavy atom. The van der Waals surface area contributed by atoms with Gasteiger partial charge in [0.25, 0.3) is 0 Å². The van der Waals surface area contributed by atoms with Gasteiger partial charge < -0.3 is 20.1 Å². The van der Waals surface area contributed by atoms with E-state index < -0.39 is 0 Å². The van der Waals surface area contributed by atoms with Crippen LogP contribution in [0, 0.1) is 0 Å². The average Bonchev–Trinajstić information content (AvgIpc) is 2.87. The Bertz CT molecular complexity index is 451. The van der Waals surface area contributed by atoms with Gasteiger partial charge in [0, 0.05) is 42.6 Å². The van der Waals surface area contributed by atoms with Crippen molar-refractivity contribution in [2.24, 2.45) is 5.73 Å². The summed E-state index contributed by atoms with van der Waals surface area (Å²) in [5.41, 5.74) is 8.11. The van der Waals surface area contributed by atoms with E-state index in [-0.39, 0.29) is 5.79 Å². The average molecular weight is 327 g/mol. The number of hydrogen-bond acceptors (Lipinski definition) is 4. The largest absolute Gasteiger partial charge is 0.371 e. The van der Waals surface area contributed by atoms with Crippen molar-refractivity contribution < 1.29 is 9.47 Å². The highest BCUT2D eigenvalue weighted by atomic mass is 79.9. The van der Waals surface area contributed by atoms with Crippen LogP contribution < -0.4 is 10.6 Å². The minimum absolute atomic E-state index is 0.306. The Kier molecular flexibility index (Phi) is 3.80. The maximum Gasteiger partial charge on any atom is 0.171 e. The van der Waals surface area contributed by atoms with Crippen molar-refractivity contribution in [2.75, 3.05) is 31.2 Å². The number of piperidine rings is 1. The number of halogens is 1. The Morgan fingerprint density at radius 1 is 1.16 bits per heavy atom. The lowest BCUT2D eigenvalue weighted by Gasteiger charge is -2.38. The van der Waals surface area contributed by atoms with Crippen LogP contribution in [0.3, 0.4) is 0 Å². The summed E-state index contributed by atoms with van der Waals surface area (Å²) in [5, 5.41) is 0. The zero-order valence-corrected chi connectivity index (χ0v) is 12.5. The van der Waals surface area contributed by atoms with Gasteiger partial charge in [-0.3, -0.25) is 0 Å². The molecular formula is C14H19BrN2O2. The fourth-order valence-corrected chi connectivity index (χ4v) is 3.35. The lowest BCUT2D eigenvalue weighted by molar-refractivity contribution is -0.169. The second-order valence-corrected chi connectivity index (χ2v) is 6.03. The van der Waals surface area contributed by atoms with Gasteiger partial charge in [-0.25, -0.2) is 0 Å². The van der Waals surface area contributed by atoms with Crippen molar-refractivity contribution in [1.29, 1.82) is 0 Å². The smallest absolute Gasteiger partial charge is 0.171 e. The Morgan fingerprint density at radius 2 is 1.84 bits per heavy atom. The first-order chi connectivity index (χ1) is 9.21. The highest BCUT2D eigenvalue weighted by Crippen LogP contribution is 2.34. The monoisotopic (exact) mass is 326 g/mol. The zero-order chi connectivity index (χ0) is 13.3. The van der Waals surface area contributed by atoms with Gasteiger partial charge >= 0.3 is 0 Å². The quantitative estimate of drug-likeness (QED) is 0.905. The first-order valence-corrected chi connectivity index (χ1v) is 7.52. The molecule has 0 amide bonds. The van der Waals surface area contributed by atoms with Gasteiger partial charge in [-0.05, 0) is 23.8 Å². The van der Waals surface area contributed by atoms with E-state index in [2.05, 4.69) is 39.0 Å². The van der Waals surface area contributed by atoms with Gasteiger partial charge in [0.05, 0.1) is 13.2 Å². The van der Waals surface area contributed by atoms with Crippen LogP contribution in [0.4, 0.5) is 5.69 Å². The van der Waals surface area contributed by atoms with Crippen LogP contribution in [0.25, 0.3) is 0 Å². The van der Waals surface area contributed by atoms with E-state index in [1.807, 2.05) is 0 Å². The minimum atomic E-state index is -0.306. The molecular weight excluding hydrogens is 308 g/mol. The lowest BCUT2D eigenvalue weighted by atomic mass is 10.0. The molecule has 2 fully saturated rings. The Balaban J connectivity index is 1.72. The molecule has 2 N–H and O–H groups in total. The van der Waals surface area contributed by atoms with E-state index in [0.29, 0.717) is 6.54 Å². The summed E-state index contributed by atoms with van der Waals surface area (Å²) in [6, 6.07) is 6.38. The van der Waals surface area contributed by atoms with Gasteiger partial charge in [-0.15, -0.1) is 0 Å². The van der Waals surface area contributed by atoms with Crippen molar-refractivity contribution in [3.05, 3.63) is 28.2 Å². The molecule has 0 atom stereocenters. The van der Waals surface area contributed by atoms with Crippen LogP contribution in [0.1, 0.15) is 18.4 Å². The highest BCUT2D eigenvalue weighted by Gasteiger charge is 2.39. The molecule has 3 rings (SSSR count). The number of benzene rings is 1. The lowest BCUT2D eigenvalue weighted by Crippen LogP contribution is -2.45. The number of nitrogens with zero attached hydrogens (tertiary/aromatic N) is 1. The van der Waals surface area contributed by atoms with Gasteiger partial charge in [0.1, 0.15) is 0 Å². The molecule has 0 unspecified atom stereocenters. The number of anilines is 1. The summed E-state index contributed by atoms with van der Waals surface area (Å²) >= 11 is 3.55. The van der Waals surface area contributed by atoms with Gasteiger partial charge in [0.2, 0.25) is 0 Å². The van der Waals surface area contributed by atoms with Crippen LogP contribution >= 0.6 is 15.9 Å². The fraction of sp³-hybridized carbons (Fsp3) is 0.571. The van der Waals surface area contributed by atoms with E-state index in [1.54, 1.807) is 0 Å². The van der Waals surface area contributed by atoms with E-state index >= 15 is 0 Å². The molecule has 1 spiro atoms. The molecule has 2 saturated heterocycles. The van der Waals surface area contributed by atoms with Crippen molar-refractivity contribution >= 4 is 21.6 Å². The van der Waals surface area contributed by atoms with Crippen LogP contribution in [0.2, 0.25) is 0 Å². The summed E-state index contributed by atoms with van der Waals surface area (Å²) in [6.07, 6.45) is 1.86. The van der Waals surface area contributed by atoms with Crippen LogP contribution in [0.5, 0.6) is 0 Å². The molecule has 0 aliphatic carbocycles. The predicted molar refractivity (Wildman–Crippen MR) is 78.1 cm³/mol. The van der Waals surface area contributed by atoms with Crippen LogP contribution in [-0.2, 0) is 16.0 Å². The van der Waals surface area contributed by atoms with Crippen LogP contribution in [0.15, 0.2) is 22.7 Å². The van der Waals surface area contributed by atoms with Gasteiger partial charge in [-0.2, -0.15) is 0 Å². The zero-order valence-electron chi connectivity index (χ0n) is 10.9. The topological polar surface area (TPSA) is 47.7 Å². The number of rotatable bonds is 2. The summed E-state index contributed by atoms with van der Waals surface area (Å²) in [6.45, 7) is 3.94. The second-order valence-electron chi connectivity index (χ2n) is 5.12. The van der Waals surface area contributed by atoms with Crippen molar-refractivity contribution in [2.45, 2.75) is 25.2 Å². The molecule has 5 heteroatoms. The third kappa shape index (κ3) is 2.79. The SMILES string of the molecule is NCc1cc(Br)cc(N2CCC3(CC2)OCCO3)c1. The molecule has 19 heavy (non-hydrogen) atoms. The molecule has 0 bridgehead atoms. The van der Waals surface area contributed by atoms with E-state index in [4.69, 9.17) is 15.2 Å². The summed E-state index contributed by atoms with van der Waals surface area (Å²) in [5.74, 6) is -0.306. The summed E-state index contributed by atoms with van der Waals surface area (Å²) in [7, 11) is 0. The third-order valence-corrected chi connectivity index (χ3v) is 4.34. The van der Waals surface area contributed by atoms with E-state index in [9.17, 15) is 0 Å².